The molecule has 4 rings (SSSR count). The summed E-state index contributed by atoms with van der Waals surface area (Å²) in [4.78, 5) is 15.9. The monoisotopic (exact) mass is 496 g/mol. The Morgan fingerprint density at radius 3 is 2.00 bits per heavy atom. The summed E-state index contributed by atoms with van der Waals surface area (Å²) in [6, 6.07) is 23.9. The van der Waals surface area contributed by atoms with E-state index in [1.54, 1.807) is 17.0 Å². The molecule has 0 radical (unpaired) electrons. The van der Waals surface area contributed by atoms with Crippen LogP contribution in [0.4, 0.5) is 0 Å². The predicted molar refractivity (Wildman–Crippen MR) is 134 cm³/mol. The van der Waals surface area contributed by atoms with Crippen LogP contribution in [0.2, 0.25) is 0 Å². The van der Waals surface area contributed by atoms with E-state index < -0.39 is 10.0 Å². The number of sulfonamides is 1. The maximum Gasteiger partial charge on any atom is 0.255 e. The molecule has 0 bridgehead atoms. The average molecular weight is 497 g/mol. The molecule has 0 atom stereocenters. The van der Waals surface area contributed by atoms with Crippen LogP contribution in [0.15, 0.2) is 88.7 Å². The zero-order chi connectivity index (χ0) is 24.0. The van der Waals surface area contributed by atoms with E-state index in [-0.39, 0.29) is 23.9 Å². The van der Waals surface area contributed by atoms with Crippen molar-refractivity contribution in [2.75, 3.05) is 32.6 Å². The van der Waals surface area contributed by atoms with Crippen LogP contribution in [-0.4, -0.2) is 56.1 Å². The summed E-state index contributed by atoms with van der Waals surface area (Å²) in [5.41, 5.74) is 2.20. The minimum Gasteiger partial charge on any atom is -0.378 e. The van der Waals surface area contributed by atoms with Crippen LogP contribution in [0.3, 0.4) is 0 Å². The lowest BCUT2D eigenvalue weighted by Gasteiger charge is -2.28. The van der Waals surface area contributed by atoms with Gasteiger partial charge in [0.15, 0.2) is 0 Å². The van der Waals surface area contributed by atoms with Crippen LogP contribution in [0.1, 0.15) is 21.5 Å². The van der Waals surface area contributed by atoms with Crippen LogP contribution in [0.25, 0.3) is 0 Å². The fourth-order valence-electron chi connectivity index (χ4n) is 3.90. The molecule has 3 aromatic rings. The highest BCUT2D eigenvalue weighted by Crippen LogP contribution is 2.28. The molecule has 1 fully saturated rings. The van der Waals surface area contributed by atoms with Crippen LogP contribution in [-0.2, 0) is 27.8 Å². The normalized spacial score (nSPS) is 14.4. The van der Waals surface area contributed by atoms with Gasteiger partial charge in [-0.05, 0) is 35.6 Å². The molecule has 6 nitrogen and oxygen atoms in total. The molecular formula is C26H28N2O4S2. The van der Waals surface area contributed by atoms with Gasteiger partial charge >= 0.3 is 0 Å². The highest BCUT2D eigenvalue weighted by Gasteiger charge is 2.28. The minimum atomic E-state index is -3.88. The molecule has 3 aromatic carbocycles. The number of nitrogens with zero attached hydrogens (tertiary/aromatic N) is 2. The van der Waals surface area contributed by atoms with Crippen molar-refractivity contribution in [2.45, 2.75) is 22.9 Å². The topological polar surface area (TPSA) is 66.9 Å². The molecule has 8 heteroatoms. The smallest absolute Gasteiger partial charge is 0.255 e. The molecule has 0 aliphatic carbocycles. The molecule has 0 N–H and O–H groups in total. The first-order chi connectivity index (χ1) is 16.5. The highest BCUT2D eigenvalue weighted by atomic mass is 32.2. The van der Waals surface area contributed by atoms with Gasteiger partial charge in [0.2, 0.25) is 10.0 Å². The zero-order valence-corrected chi connectivity index (χ0v) is 20.7. The zero-order valence-electron chi connectivity index (χ0n) is 19.1. The van der Waals surface area contributed by atoms with E-state index in [0.29, 0.717) is 31.9 Å². The summed E-state index contributed by atoms with van der Waals surface area (Å²) < 4.78 is 34.6. The SMILES string of the molecule is CSc1ccc(S(=O)(=O)N(Cc2ccccc2)Cc2ccccc2)cc1C(=O)N1CCOCC1. The summed E-state index contributed by atoms with van der Waals surface area (Å²) in [6.45, 7) is 2.43. The second kappa shape index (κ2) is 11.2. The minimum absolute atomic E-state index is 0.119. The first kappa shape index (κ1) is 24.5. The van der Waals surface area contributed by atoms with Gasteiger partial charge in [0.05, 0.1) is 23.7 Å². The van der Waals surface area contributed by atoms with Gasteiger partial charge < -0.3 is 9.64 Å². The van der Waals surface area contributed by atoms with Crippen molar-refractivity contribution >= 4 is 27.7 Å². The van der Waals surface area contributed by atoms with E-state index in [1.807, 2.05) is 66.9 Å². The molecule has 0 aromatic heterocycles. The number of hydrogen-bond acceptors (Lipinski definition) is 5. The molecule has 1 aliphatic heterocycles. The first-order valence-electron chi connectivity index (χ1n) is 11.1. The van der Waals surface area contributed by atoms with Gasteiger partial charge in [-0.1, -0.05) is 60.7 Å². The highest BCUT2D eigenvalue weighted by molar-refractivity contribution is 7.98. The number of benzene rings is 3. The van der Waals surface area contributed by atoms with Crippen LogP contribution in [0, 0.1) is 0 Å². The Morgan fingerprint density at radius 2 is 1.47 bits per heavy atom. The van der Waals surface area contributed by atoms with Crippen LogP contribution < -0.4 is 0 Å². The van der Waals surface area contributed by atoms with E-state index in [4.69, 9.17) is 4.74 Å². The number of thioether (sulfide) groups is 1. The van der Waals surface area contributed by atoms with Crippen molar-refractivity contribution in [2.24, 2.45) is 0 Å². The van der Waals surface area contributed by atoms with Crippen molar-refractivity contribution in [3.05, 3.63) is 95.6 Å². The fourth-order valence-corrected chi connectivity index (χ4v) is 5.91. The van der Waals surface area contributed by atoms with Crippen molar-refractivity contribution in [3.8, 4) is 0 Å². The summed E-state index contributed by atoms with van der Waals surface area (Å²) >= 11 is 1.43. The van der Waals surface area contributed by atoms with E-state index in [9.17, 15) is 13.2 Å². The average Bonchev–Trinajstić information content (AvgIpc) is 2.89. The second-order valence-electron chi connectivity index (χ2n) is 8.01. The lowest BCUT2D eigenvalue weighted by atomic mass is 10.2. The first-order valence-corrected chi connectivity index (χ1v) is 13.8. The van der Waals surface area contributed by atoms with Gasteiger partial charge in [0.25, 0.3) is 5.91 Å². The van der Waals surface area contributed by atoms with E-state index in [2.05, 4.69) is 0 Å². The molecule has 1 heterocycles. The Morgan fingerprint density at radius 1 is 0.912 bits per heavy atom. The van der Waals surface area contributed by atoms with E-state index >= 15 is 0 Å². The van der Waals surface area contributed by atoms with Crippen molar-refractivity contribution in [1.29, 1.82) is 0 Å². The standard InChI is InChI=1S/C26H28N2O4S2/c1-33-25-13-12-23(18-24(25)26(29)27-14-16-32-17-15-27)34(30,31)28(19-21-8-4-2-5-9-21)20-22-10-6-3-7-11-22/h2-13,18H,14-17,19-20H2,1H3. The van der Waals surface area contributed by atoms with Gasteiger partial charge in [0.1, 0.15) is 0 Å². The summed E-state index contributed by atoms with van der Waals surface area (Å²) in [6.07, 6.45) is 1.89. The van der Waals surface area contributed by atoms with Gasteiger partial charge in [-0.2, -0.15) is 4.31 Å². The van der Waals surface area contributed by atoms with Gasteiger partial charge in [0, 0.05) is 31.1 Å². The van der Waals surface area contributed by atoms with Crippen molar-refractivity contribution < 1.29 is 17.9 Å². The number of morpholine rings is 1. The van der Waals surface area contributed by atoms with E-state index in [1.165, 1.54) is 22.1 Å². The van der Waals surface area contributed by atoms with Gasteiger partial charge in [-0.3, -0.25) is 4.79 Å². The summed E-state index contributed by atoms with van der Waals surface area (Å²) in [5, 5.41) is 0. The predicted octanol–water partition coefficient (Wildman–Crippen LogP) is 4.27. The molecule has 178 valence electrons. The number of hydrogen-bond donors (Lipinski definition) is 0. The molecule has 1 aliphatic rings. The molecule has 34 heavy (non-hydrogen) atoms. The summed E-state index contributed by atoms with van der Waals surface area (Å²) in [5.74, 6) is -0.164. The Labute approximate surface area is 205 Å². The third kappa shape index (κ3) is 5.70. The van der Waals surface area contributed by atoms with Crippen LogP contribution >= 0.6 is 11.8 Å². The van der Waals surface area contributed by atoms with Crippen LogP contribution in [0.5, 0.6) is 0 Å². The van der Waals surface area contributed by atoms with E-state index in [0.717, 1.165) is 16.0 Å². The third-order valence-electron chi connectivity index (χ3n) is 5.74. The molecule has 0 unspecified atom stereocenters. The lowest BCUT2D eigenvalue weighted by molar-refractivity contribution is 0.0300. The fraction of sp³-hybridized carbons (Fsp3) is 0.269. The van der Waals surface area contributed by atoms with Gasteiger partial charge in [-0.25, -0.2) is 8.42 Å². The Bertz CT molecular complexity index is 1170. The Kier molecular flexibility index (Phi) is 8.05. The number of rotatable bonds is 8. The summed E-state index contributed by atoms with van der Waals surface area (Å²) in [7, 11) is -3.88. The maximum atomic E-state index is 13.9. The maximum absolute atomic E-state index is 13.9. The molecule has 1 saturated heterocycles. The lowest BCUT2D eigenvalue weighted by Crippen LogP contribution is -2.41. The van der Waals surface area contributed by atoms with Crippen molar-refractivity contribution in [1.82, 2.24) is 9.21 Å². The largest absolute Gasteiger partial charge is 0.378 e. The number of amides is 1. The van der Waals surface area contributed by atoms with Gasteiger partial charge in [-0.15, -0.1) is 11.8 Å². The quantitative estimate of drug-likeness (QED) is 0.436. The Hall–Kier alpha value is -2.65. The molecule has 0 saturated carbocycles. The third-order valence-corrected chi connectivity index (χ3v) is 8.32. The number of ether oxygens (including phenoxy) is 1. The molecule has 0 spiro atoms. The number of carbonyl (C=O) groups excluding carboxylic acids is 1. The molecule has 1 amide bonds. The van der Waals surface area contributed by atoms with Crippen molar-refractivity contribution in [3.63, 3.8) is 0 Å². The molecular weight excluding hydrogens is 468 g/mol. The second-order valence-corrected chi connectivity index (χ2v) is 10.8. The Balaban J connectivity index is 1.70. The number of carbonyl (C=O) groups is 1.